The van der Waals surface area contributed by atoms with Gasteiger partial charge in [0.15, 0.2) is 5.82 Å². The van der Waals surface area contributed by atoms with E-state index in [1.165, 1.54) is 32.1 Å². The third-order valence-corrected chi connectivity index (χ3v) is 5.26. The second-order valence-electron chi connectivity index (χ2n) is 8.10. The lowest BCUT2D eigenvalue weighted by Crippen LogP contribution is -2.39. The molecule has 128 valence electrons. The zero-order valence-corrected chi connectivity index (χ0v) is 14.7. The maximum atomic E-state index is 12.6. The van der Waals surface area contributed by atoms with E-state index in [2.05, 4.69) is 35.8 Å². The van der Waals surface area contributed by atoms with Gasteiger partial charge in [0.2, 0.25) is 11.8 Å². The predicted octanol–water partition coefficient (Wildman–Crippen LogP) is 3.48. The van der Waals surface area contributed by atoms with Gasteiger partial charge in [-0.3, -0.25) is 4.79 Å². The molecule has 1 aliphatic carbocycles. The molecule has 5 heteroatoms. The molecule has 3 rings (SSSR count). The molecule has 1 aliphatic heterocycles. The molecular formula is C18H29N3O2. The largest absolute Gasteiger partial charge is 0.339 e. The van der Waals surface area contributed by atoms with E-state index in [9.17, 15) is 4.79 Å². The van der Waals surface area contributed by atoms with Gasteiger partial charge in [0.1, 0.15) is 0 Å². The summed E-state index contributed by atoms with van der Waals surface area (Å²) in [4.78, 5) is 19.2. The van der Waals surface area contributed by atoms with Crippen molar-refractivity contribution in [3.63, 3.8) is 0 Å². The number of aryl methyl sites for hydroxylation is 1. The molecule has 1 aromatic heterocycles. The van der Waals surface area contributed by atoms with Crippen LogP contribution >= 0.6 is 0 Å². The Morgan fingerprint density at radius 1 is 1.22 bits per heavy atom. The molecule has 0 aromatic carbocycles. The summed E-state index contributed by atoms with van der Waals surface area (Å²) in [6.45, 7) is 7.10. The molecule has 1 saturated heterocycles. The standard InChI is InChI=1S/C18H29N3O2/c1-18(2,3)17-19-15(23-20-17)10-11-16(22)21-12-6-9-14(21)13-7-4-5-8-13/h13-14H,4-12H2,1-3H3. The number of carbonyl (C=O) groups is 1. The first kappa shape index (κ1) is 16.5. The number of nitrogens with zero attached hydrogens (tertiary/aromatic N) is 3. The molecule has 2 fully saturated rings. The summed E-state index contributed by atoms with van der Waals surface area (Å²) < 4.78 is 5.30. The number of hydrogen-bond acceptors (Lipinski definition) is 4. The Labute approximate surface area is 138 Å². The number of likely N-dealkylation sites (tertiary alicyclic amines) is 1. The molecule has 1 unspecified atom stereocenters. The van der Waals surface area contributed by atoms with Crippen molar-refractivity contribution in [2.45, 2.75) is 83.6 Å². The molecule has 1 aromatic rings. The first-order chi connectivity index (χ1) is 10.9. The molecule has 1 atom stereocenters. The van der Waals surface area contributed by atoms with E-state index in [4.69, 9.17) is 4.52 Å². The first-order valence-electron chi connectivity index (χ1n) is 9.07. The number of amides is 1. The quantitative estimate of drug-likeness (QED) is 0.852. The van der Waals surface area contributed by atoms with Gasteiger partial charge >= 0.3 is 0 Å². The maximum Gasteiger partial charge on any atom is 0.227 e. The summed E-state index contributed by atoms with van der Waals surface area (Å²) in [5, 5.41) is 4.03. The maximum absolute atomic E-state index is 12.6. The average Bonchev–Trinajstić information content (AvgIpc) is 3.22. The van der Waals surface area contributed by atoms with Gasteiger partial charge in [-0.25, -0.2) is 0 Å². The topological polar surface area (TPSA) is 59.2 Å². The average molecular weight is 319 g/mol. The molecule has 23 heavy (non-hydrogen) atoms. The first-order valence-corrected chi connectivity index (χ1v) is 9.07. The van der Waals surface area contributed by atoms with Crippen LogP contribution in [0, 0.1) is 5.92 Å². The van der Waals surface area contributed by atoms with Crippen molar-refractivity contribution in [3.8, 4) is 0 Å². The third-order valence-electron chi connectivity index (χ3n) is 5.26. The minimum absolute atomic E-state index is 0.117. The van der Waals surface area contributed by atoms with Crippen LogP contribution in [-0.2, 0) is 16.6 Å². The molecule has 1 saturated carbocycles. The fraction of sp³-hybridized carbons (Fsp3) is 0.833. The zero-order valence-electron chi connectivity index (χ0n) is 14.7. The molecule has 0 radical (unpaired) electrons. The van der Waals surface area contributed by atoms with Crippen LogP contribution < -0.4 is 0 Å². The molecule has 0 bridgehead atoms. The Balaban J connectivity index is 1.55. The van der Waals surface area contributed by atoms with Crippen LogP contribution in [0.2, 0.25) is 0 Å². The lowest BCUT2D eigenvalue weighted by atomic mass is 9.96. The van der Waals surface area contributed by atoms with Gasteiger partial charge < -0.3 is 9.42 Å². The summed E-state index contributed by atoms with van der Waals surface area (Å²) in [5.74, 6) is 2.29. The molecule has 2 heterocycles. The van der Waals surface area contributed by atoms with E-state index < -0.39 is 0 Å². The van der Waals surface area contributed by atoms with Gasteiger partial charge in [-0.1, -0.05) is 38.8 Å². The van der Waals surface area contributed by atoms with E-state index in [1.54, 1.807) is 0 Å². The van der Waals surface area contributed by atoms with Gasteiger partial charge in [-0.2, -0.15) is 4.98 Å². The predicted molar refractivity (Wildman–Crippen MR) is 88.0 cm³/mol. The minimum Gasteiger partial charge on any atom is -0.339 e. The Morgan fingerprint density at radius 3 is 2.61 bits per heavy atom. The summed E-state index contributed by atoms with van der Waals surface area (Å²) in [7, 11) is 0. The van der Waals surface area contributed by atoms with Crippen molar-refractivity contribution in [2.24, 2.45) is 5.92 Å². The Morgan fingerprint density at radius 2 is 1.96 bits per heavy atom. The second kappa shape index (κ2) is 6.62. The molecule has 1 amide bonds. The highest BCUT2D eigenvalue weighted by atomic mass is 16.5. The van der Waals surface area contributed by atoms with Crippen LogP contribution in [0.4, 0.5) is 0 Å². The summed E-state index contributed by atoms with van der Waals surface area (Å²) in [5.41, 5.74) is -0.117. The van der Waals surface area contributed by atoms with Crippen molar-refractivity contribution >= 4 is 5.91 Å². The van der Waals surface area contributed by atoms with Gasteiger partial charge in [0.05, 0.1) is 0 Å². The molecular weight excluding hydrogens is 290 g/mol. The summed E-state index contributed by atoms with van der Waals surface area (Å²) >= 11 is 0. The van der Waals surface area contributed by atoms with Crippen molar-refractivity contribution in [3.05, 3.63) is 11.7 Å². The Hall–Kier alpha value is -1.39. The summed E-state index contributed by atoms with van der Waals surface area (Å²) in [6.07, 6.45) is 8.64. The second-order valence-corrected chi connectivity index (χ2v) is 8.10. The van der Waals surface area contributed by atoms with Gasteiger partial charge in [-0.15, -0.1) is 0 Å². The molecule has 2 aliphatic rings. The highest BCUT2D eigenvalue weighted by Gasteiger charge is 2.35. The van der Waals surface area contributed by atoms with Crippen LogP contribution in [0.3, 0.4) is 0 Å². The number of carbonyl (C=O) groups excluding carboxylic acids is 1. The van der Waals surface area contributed by atoms with E-state index in [1.807, 2.05) is 0 Å². The highest BCUT2D eigenvalue weighted by Crippen LogP contribution is 2.35. The third kappa shape index (κ3) is 3.75. The van der Waals surface area contributed by atoms with E-state index >= 15 is 0 Å². The van der Waals surface area contributed by atoms with Crippen LogP contribution in [-0.4, -0.2) is 33.5 Å². The monoisotopic (exact) mass is 319 g/mol. The van der Waals surface area contributed by atoms with Crippen LogP contribution in [0.1, 0.15) is 77.4 Å². The van der Waals surface area contributed by atoms with Crippen LogP contribution in [0.25, 0.3) is 0 Å². The van der Waals surface area contributed by atoms with Gasteiger partial charge in [0, 0.05) is 30.8 Å². The van der Waals surface area contributed by atoms with Gasteiger partial charge in [-0.05, 0) is 31.6 Å². The number of aromatic nitrogens is 2. The lowest BCUT2D eigenvalue weighted by Gasteiger charge is -2.29. The smallest absolute Gasteiger partial charge is 0.227 e. The molecule has 5 nitrogen and oxygen atoms in total. The normalized spacial score (nSPS) is 22.9. The minimum atomic E-state index is -0.117. The molecule has 0 spiro atoms. The fourth-order valence-corrected chi connectivity index (χ4v) is 3.95. The fourth-order valence-electron chi connectivity index (χ4n) is 3.95. The SMILES string of the molecule is CC(C)(C)c1noc(CCC(=O)N2CCCC2C2CCCC2)n1. The van der Waals surface area contributed by atoms with Crippen molar-refractivity contribution in [2.75, 3.05) is 6.54 Å². The van der Waals surface area contributed by atoms with E-state index in [-0.39, 0.29) is 11.3 Å². The number of rotatable bonds is 4. The van der Waals surface area contributed by atoms with Crippen molar-refractivity contribution < 1.29 is 9.32 Å². The van der Waals surface area contributed by atoms with E-state index in [0.29, 0.717) is 30.6 Å². The summed E-state index contributed by atoms with van der Waals surface area (Å²) in [6, 6.07) is 0.484. The van der Waals surface area contributed by atoms with Crippen molar-refractivity contribution in [1.29, 1.82) is 0 Å². The van der Waals surface area contributed by atoms with Crippen LogP contribution in [0.15, 0.2) is 4.52 Å². The zero-order chi connectivity index (χ0) is 16.4. The molecule has 0 N–H and O–H groups in total. The van der Waals surface area contributed by atoms with Crippen LogP contribution in [0.5, 0.6) is 0 Å². The lowest BCUT2D eigenvalue weighted by molar-refractivity contribution is -0.133. The van der Waals surface area contributed by atoms with Crippen molar-refractivity contribution in [1.82, 2.24) is 15.0 Å². The van der Waals surface area contributed by atoms with Gasteiger partial charge in [0.25, 0.3) is 0 Å². The number of hydrogen-bond donors (Lipinski definition) is 0. The Bertz CT molecular complexity index is 541. The van der Waals surface area contributed by atoms with E-state index in [0.717, 1.165) is 18.9 Å². The Kier molecular flexibility index (Phi) is 4.74. The highest BCUT2D eigenvalue weighted by molar-refractivity contribution is 5.77.